The molecule has 0 radical (unpaired) electrons. The molecule has 0 bridgehead atoms. The van der Waals surface area contributed by atoms with Gasteiger partial charge in [-0.05, 0) is 36.1 Å². The highest BCUT2D eigenvalue weighted by Gasteiger charge is 1.86. The van der Waals surface area contributed by atoms with Gasteiger partial charge >= 0.3 is 0 Å². The minimum atomic E-state index is 0.896. The van der Waals surface area contributed by atoms with Gasteiger partial charge in [0.05, 0.1) is 12.5 Å². The van der Waals surface area contributed by atoms with Crippen molar-refractivity contribution in [3.8, 4) is 0 Å². The predicted octanol–water partition coefficient (Wildman–Crippen LogP) is 4.52. The molecular weight excluding hydrogens is 232 g/mol. The molecule has 2 aromatic rings. The van der Waals surface area contributed by atoms with Crippen molar-refractivity contribution >= 4 is 0 Å². The van der Waals surface area contributed by atoms with Crippen molar-refractivity contribution in [1.82, 2.24) is 0 Å². The summed E-state index contributed by atoms with van der Waals surface area (Å²) in [6.07, 6.45) is 9.29. The summed E-state index contributed by atoms with van der Waals surface area (Å²) in [7, 11) is 0. The van der Waals surface area contributed by atoms with Crippen molar-refractivity contribution in [2.24, 2.45) is 0 Å². The van der Waals surface area contributed by atoms with Crippen molar-refractivity contribution in [2.45, 2.75) is 12.8 Å². The molecule has 1 heteroatoms. The summed E-state index contributed by atoms with van der Waals surface area (Å²) >= 11 is 0. The smallest absolute Gasteiger partial charge is 0.0864 e. The third-order valence-corrected chi connectivity index (χ3v) is 2.74. The lowest BCUT2D eigenvalue weighted by Gasteiger charge is -1.95. The third kappa shape index (κ3) is 5.26. The van der Waals surface area contributed by atoms with Crippen LogP contribution in [0.3, 0.4) is 0 Å². The topological polar surface area (TPSA) is 9.23 Å². The van der Waals surface area contributed by atoms with Gasteiger partial charge in [-0.15, -0.1) is 0 Å². The Morgan fingerprint density at radius 1 is 0.632 bits per heavy atom. The van der Waals surface area contributed by atoms with Gasteiger partial charge in [-0.2, -0.15) is 0 Å². The van der Waals surface area contributed by atoms with Crippen LogP contribution in [0.4, 0.5) is 0 Å². The van der Waals surface area contributed by atoms with E-state index in [9.17, 15) is 0 Å². The van der Waals surface area contributed by atoms with Crippen LogP contribution in [-0.2, 0) is 17.6 Å². The fourth-order valence-corrected chi connectivity index (χ4v) is 1.75. The molecule has 2 rings (SSSR count). The first-order chi connectivity index (χ1) is 9.45. The Balaban J connectivity index is 1.66. The van der Waals surface area contributed by atoms with E-state index < -0.39 is 0 Å². The molecule has 0 amide bonds. The first-order valence-corrected chi connectivity index (χ1v) is 6.48. The molecule has 19 heavy (non-hydrogen) atoms. The first kappa shape index (κ1) is 13.2. The number of allylic oxidation sites excluding steroid dienone is 2. The van der Waals surface area contributed by atoms with Crippen LogP contribution in [0.25, 0.3) is 0 Å². The van der Waals surface area contributed by atoms with Crippen LogP contribution in [-0.4, -0.2) is 0 Å². The zero-order chi connectivity index (χ0) is 13.2. The van der Waals surface area contributed by atoms with Crippen LogP contribution >= 0.6 is 0 Å². The molecule has 0 heterocycles. The second kappa shape index (κ2) is 7.93. The molecule has 0 aromatic heterocycles. The van der Waals surface area contributed by atoms with E-state index in [1.165, 1.54) is 11.1 Å². The van der Waals surface area contributed by atoms with Gasteiger partial charge in [0.1, 0.15) is 0 Å². The van der Waals surface area contributed by atoms with E-state index >= 15 is 0 Å². The van der Waals surface area contributed by atoms with Crippen LogP contribution in [0.15, 0.2) is 85.3 Å². The Bertz CT molecular complexity index is 462. The maximum absolute atomic E-state index is 5.32. The Labute approximate surface area is 114 Å². The highest BCUT2D eigenvalue weighted by molar-refractivity contribution is 5.18. The summed E-state index contributed by atoms with van der Waals surface area (Å²) in [5, 5.41) is 0. The van der Waals surface area contributed by atoms with Crippen molar-refractivity contribution in [3.05, 3.63) is 96.5 Å². The fourth-order valence-electron chi connectivity index (χ4n) is 1.75. The van der Waals surface area contributed by atoms with Crippen LogP contribution in [0, 0.1) is 0 Å². The Kier molecular flexibility index (Phi) is 5.49. The minimum absolute atomic E-state index is 0.896. The molecule has 0 fully saturated rings. The molecule has 2 aromatic carbocycles. The largest absolute Gasteiger partial charge is 0.473 e. The van der Waals surface area contributed by atoms with Gasteiger partial charge in [-0.3, -0.25) is 0 Å². The third-order valence-electron chi connectivity index (χ3n) is 2.74. The molecule has 0 N–H and O–H groups in total. The zero-order valence-electron chi connectivity index (χ0n) is 10.9. The van der Waals surface area contributed by atoms with Gasteiger partial charge in [0, 0.05) is 0 Å². The minimum Gasteiger partial charge on any atom is -0.473 e. The van der Waals surface area contributed by atoms with Crippen LogP contribution < -0.4 is 0 Å². The maximum atomic E-state index is 5.32. The summed E-state index contributed by atoms with van der Waals surface area (Å²) in [6.45, 7) is 0. The molecule has 0 aliphatic rings. The summed E-state index contributed by atoms with van der Waals surface area (Å²) in [5.41, 5.74) is 2.58. The summed E-state index contributed by atoms with van der Waals surface area (Å²) in [5.74, 6) is 0. The van der Waals surface area contributed by atoms with Gasteiger partial charge < -0.3 is 4.74 Å². The van der Waals surface area contributed by atoms with Crippen LogP contribution in [0.1, 0.15) is 11.1 Å². The standard InChI is InChI=1S/C18H18O/c1-3-9-17(10-4-1)13-7-15-19-16-8-14-18-11-5-2-6-12-18/h1-12,15-16H,13-14H2/b15-7-,16-8-. The average molecular weight is 250 g/mol. The number of hydrogen-bond acceptors (Lipinski definition) is 1. The molecule has 1 nitrogen and oxygen atoms in total. The van der Waals surface area contributed by atoms with E-state index in [1.54, 1.807) is 12.5 Å². The molecule has 0 saturated carbocycles. The van der Waals surface area contributed by atoms with Crippen molar-refractivity contribution in [2.75, 3.05) is 0 Å². The van der Waals surface area contributed by atoms with E-state index in [0.29, 0.717) is 0 Å². The monoisotopic (exact) mass is 250 g/mol. The quantitative estimate of drug-likeness (QED) is 0.685. The van der Waals surface area contributed by atoms with E-state index in [4.69, 9.17) is 4.74 Å². The van der Waals surface area contributed by atoms with Crippen molar-refractivity contribution < 1.29 is 4.74 Å². The molecule has 0 aliphatic carbocycles. The molecule has 0 aliphatic heterocycles. The molecule has 0 unspecified atom stereocenters. The summed E-state index contributed by atoms with van der Waals surface area (Å²) in [6, 6.07) is 20.7. The van der Waals surface area contributed by atoms with E-state index in [0.717, 1.165) is 12.8 Å². The summed E-state index contributed by atoms with van der Waals surface area (Å²) < 4.78 is 5.32. The average Bonchev–Trinajstić information content (AvgIpc) is 2.48. The molecule has 0 spiro atoms. The van der Waals surface area contributed by atoms with E-state index in [-0.39, 0.29) is 0 Å². The number of ether oxygens (including phenoxy) is 1. The van der Waals surface area contributed by atoms with Crippen molar-refractivity contribution in [1.29, 1.82) is 0 Å². The van der Waals surface area contributed by atoms with Gasteiger partial charge in [-0.25, -0.2) is 0 Å². The normalized spacial score (nSPS) is 11.2. The van der Waals surface area contributed by atoms with Crippen LogP contribution in [0.5, 0.6) is 0 Å². The van der Waals surface area contributed by atoms with Crippen molar-refractivity contribution in [3.63, 3.8) is 0 Å². The lowest BCUT2D eigenvalue weighted by atomic mass is 10.1. The predicted molar refractivity (Wildman–Crippen MR) is 79.7 cm³/mol. The van der Waals surface area contributed by atoms with Crippen LogP contribution in [0.2, 0.25) is 0 Å². The molecule has 96 valence electrons. The number of hydrogen-bond donors (Lipinski definition) is 0. The molecule has 0 atom stereocenters. The second-order valence-corrected chi connectivity index (χ2v) is 4.26. The second-order valence-electron chi connectivity index (χ2n) is 4.26. The lowest BCUT2D eigenvalue weighted by molar-refractivity contribution is 0.399. The Morgan fingerprint density at radius 3 is 1.47 bits per heavy atom. The highest BCUT2D eigenvalue weighted by atomic mass is 16.5. The first-order valence-electron chi connectivity index (χ1n) is 6.48. The van der Waals surface area contributed by atoms with Gasteiger partial charge in [-0.1, -0.05) is 60.7 Å². The van der Waals surface area contributed by atoms with E-state index in [1.807, 2.05) is 48.6 Å². The number of rotatable bonds is 6. The fraction of sp³-hybridized carbons (Fsp3) is 0.111. The van der Waals surface area contributed by atoms with Gasteiger partial charge in [0.25, 0.3) is 0 Å². The Hall–Kier alpha value is -2.28. The zero-order valence-corrected chi connectivity index (χ0v) is 10.9. The van der Waals surface area contributed by atoms with Gasteiger partial charge in [0.15, 0.2) is 0 Å². The highest BCUT2D eigenvalue weighted by Crippen LogP contribution is 2.01. The number of benzene rings is 2. The SMILES string of the molecule is C(=C/O/C=C\Cc1ccccc1)/Cc1ccccc1. The van der Waals surface area contributed by atoms with Gasteiger partial charge in [0.2, 0.25) is 0 Å². The summed E-state index contributed by atoms with van der Waals surface area (Å²) in [4.78, 5) is 0. The molecular formula is C18H18O. The Morgan fingerprint density at radius 2 is 1.05 bits per heavy atom. The molecule has 0 saturated heterocycles. The lowest BCUT2D eigenvalue weighted by Crippen LogP contribution is -1.80. The van der Waals surface area contributed by atoms with E-state index in [2.05, 4.69) is 24.3 Å². The maximum Gasteiger partial charge on any atom is 0.0864 e.